The van der Waals surface area contributed by atoms with Crippen LogP contribution in [0.3, 0.4) is 0 Å². The molecule has 7 nitrogen and oxygen atoms in total. The van der Waals surface area contributed by atoms with Gasteiger partial charge in [-0.2, -0.15) is 5.26 Å². The zero-order valence-corrected chi connectivity index (χ0v) is 19.2. The Morgan fingerprint density at radius 1 is 1.29 bits per heavy atom. The first kappa shape index (κ1) is 21.4. The molecule has 0 radical (unpaired) electrons. The van der Waals surface area contributed by atoms with Gasteiger partial charge in [0, 0.05) is 9.35 Å². The smallest absolute Gasteiger partial charge is 0.341 e. The summed E-state index contributed by atoms with van der Waals surface area (Å²) in [6.45, 7) is 2.12. The van der Waals surface area contributed by atoms with Crippen LogP contribution < -0.4 is 14.8 Å². The van der Waals surface area contributed by atoms with Crippen molar-refractivity contribution < 1.29 is 23.8 Å². The quantitative estimate of drug-likeness (QED) is 0.356. The second kappa shape index (κ2) is 9.12. The van der Waals surface area contributed by atoms with E-state index in [0.29, 0.717) is 32.1 Å². The molecule has 1 aliphatic carbocycles. The molecule has 1 N–H and O–H groups in total. The van der Waals surface area contributed by atoms with Gasteiger partial charge in [0.1, 0.15) is 16.6 Å². The molecule has 1 aromatic heterocycles. The summed E-state index contributed by atoms with van der Waals surface area (Å²) >= 11 is 4.81. The van der Waals surface area contributed by atoms with Gasteiger partial charge < -0.3 is 19.5 Å². The number of amides is 1. The van der Waals surface area contributed by atoms with Crippen LogP contribution in [-0.2, 0) is 22.4 Å². The molecule has 0 saturated heterocycles. The van der Waals surface area contributed by atoms with Gasteiger partial charge in [0.2, 0.25) is 6.79 Å². The number of rotatable bonds is 5. The summed E-state index contributed by atoms with van der Waals surface area (Å²) in [4.78, 5) is 26.6. The van der Waals surface area contributed by atoms with Crippen LogP contribution in [0.1, 0.15) is 46.1 Å². The van der Waals surface area contributed by atoms with Crippen LogP contribution in [0.2, 0.25) is 0 Å². The molecule has 1 amide bonds. The Labute approximate surface area is 191 Å². The van der Waals surface area contributed by atoms with Crippen molar-refractivity contribution in [1.29, 1.82) is 5.26 Å². The van der Waals surface area contributed by atoms with E-state index in [2.05, 4.69) is 21.2 Å². The van der Waals surface area contributed by atoms with Crippen molar-refractivity contribution in [3.8, 4) is 17.6 Å². The van der Waals surface area contributed by atoms with Gasteiger partial charge in [-0.1, -0.05) is 15.9 Å². The summed E-state index contributed by atoms with van der Waals surface area (Å²) in [5.41, 5.74) is 1.87. The van der Waals surface area contributed by atoms with Crippen LogP contribution >= 0.6 is 27.3 Å². The number of nitrogens with zero attached hydrogens (tertiary/aromatic N) is 1. The molecule has 31 heavy (non-hydrogen) atoms. The number of halogens is 1. The number of thiophene rings is 1. The summed E-state index contributed by atoms with van der Waals surface area (Å²) in [5, 5.41) is 12.8. The van der Waals surface area contributed by atoms with E-state index in [0.717, 1.165) is 36.1 Å². The number of carbonyl (C=O) groups is 2. The van der Waals surface area contributed by atoms with Crippen molar-refractivity contribution in [2.45, 2.75) is 32.6 Å². The summed E-state index contributed by atoms with van der Waals surface area (Å²) < 4.78 is 16.6. The number of aryl methyl sites for hydroxylation is 1. The number of ether oxygens (including phenoxy) is 3. The zero-order valence-electron chi connectivity index (χ0n) is 16.7. The van der Waals surface area contributed by atoms with Crippen LogP contribution in [0.25, 0.3) is 6.08 Å². The highest BCUT2D eigenvalue weighted by molar-refractivity contribution is 9.10. The molecule has 0 bridgehead atoms. The van der Waals surface area contributed by atoms with E-state index in [-0.39, 0.29) is 19.0 Å². The fourth-order valence-corrected chi connectivity index (χ4v) is 5.30. The van der Waals surface area contributed by atoms with E-state index in [4.69, 9.17) is 14.2 Å². The van der Waals surface area contributed by atoms with Gasteiger partial charge >= 0.3 is 5.97 Å². The van der Waals surface area contributed by atoms with Gasteiger partial charge in [0.15, 0.2) is 11.5 Å². The van der Waals surface area contributed by atoms with Crippen molar-refractivity contribution >= 4 is 50.2 Å². The number of fused-ring (bicyclic) bond motifs is 2. The van der Waals surface area contributed by atoms with Crippen molar-refractivity contribution in [3.05, 3.63) is 43.7 Å². The molecule has 9 heteroatoms. The molecular formula is C22H19BrN2O5S. The Morgan fingerprint density at radius 2 is 2.03 bits per heavy atom. The van der Waals surface area contributed by atoms with E-state index in [1.54, 1.807) is 19.1 Å². The Kier molecular flexibility index (Phi) is 6.30. The molecule has 0 saturated carbocycles. The Balaban J connectivity index is 1.64. The van der Waals surface area contributed by atoms with Crippen LogP contribution in [0, 0.1) is 11.3 Å². The highest BCUT2D eigenvalue weighted by Gasteiger charge is 2.28. The van der Waals surface area contributed by atoms with E-state index < -0.39 is 11.9 Å². The molecule has 1 aliphatic heterocycles. The van der Waals surface area contributed by atoms with Crippen LogP contribution in [0.5, 0.6) is 11.5 Å². The number of hydrogen-bond acceptors (Lipinski definition) is 7. The summed E-state index contributed by atoms with van der Waals surface area (Å²) in [7, 11) is 0. The SMILES string of the molecule is CCOC(=O)c1c(NC(=O)/C(C#N)=C/c2cc3c(cc2Br)OCO3)sc2c1CCCC2. The van der Waals surface area contributed by atoms with Crippen LogP contribution in [0.4, 0.5) is 5.00 Å². The van der Waals surface area contributed by atoms with Crippen LogP contribution in [0.15, 0.2) is 22.2 Å². The van der Waals surface area contributed by atoms with Crippen molar-refractivity contribution in [2.24, 2.45) is 0 Å². The first-order valence-corrected chi connectivity index (χ1v) is 11.5. The predicted molar refractivity (Wildman–Crippen MR) is 119 cm³/mol. The van der Waals surface area contributed by atoms with E-state index in [1.807, 2.05) is 6.07 Å². The zero-order chi connectivity index (χ0) is 22.0. The predicted octanol–water partition coefficient (Wildman–Crippen LogP) is 4.84. The van der Waals surface area contributed by atoms with Gasteiger partial charge in [-0.15, -0.1) is 11.3 Å². The van der Waals surface area contributed by atoms with Gasteiger partial charge in [-0.3, -0.25) is 4.79 Å². The third-order valence-electron chi connectivity index (χ3n) is 5.03. The first-order chi connectivity index (χ1) is 15.0. The van der Waals surface area contributed by atoms with Gasteiger partial charge in [0.05, 0.1) is 12.2 Å². The number of anilines is 1. The van der Waals surface area contributed by atoms with Gasteiger partial charge in [0.25, 0.3) is 5.91 Å². The largest absolute Gasteiger partial charge is 0.462 e. The highest BCUT2D eigenvalue weighted by atomic mass is 79.9. The fourth-order valence-electron chi connectivity index (χ4n) is 3.59. The summed E-state index contributed by atoms with van der Waals surface area (Å²) in [6, 6.07) is 5.37. The molecular weight excluding hydrogens is 484 g/mol. The minimum absolute atomic E-state index is 0.0965. The molecule has 2 aromatic rings. The van der Waals surface area contributed by atoms with Gasteiger partial charge in [-0.25, -0.2) is 4.79 Å². The topological polar surface area (TPSA) is 97.7 Å². The van der Waals surface area contributed by atoms with E-state index in [1.165, 1.54) is 17.4 Å². The number of nitriles is 1. The van der Waals surface area contributed by atoms with Crippen molar-refractivity contribution in [1.82, 2.24) is 0 Å². The average molecular weight is 503 g/mol. The van der Waals surface area contributed by atoms with Crippen molar-refractivity contribution in [2.75, 3.05) is 18.7 Å². The number of hydrogen-bond donors (Lipinski definition) is 1. The standard InChI is InChI=1S/C22H19BrN2O5S/c1-2-28-22(27)19-14-5-3-4-6-18(14)31-21(19)25-20(26)13(10-24)7-12-8-16-17(9-15(12)23)30-11-29-16/h7-9H,2-6,11H2,1H3,(H,25,26)/b13-7+. The Morgan fingerprint density at radius 3 is 2.77 bits per heavy atom. The Bertz CT molecular complexity index is 1130. The maximum Gasteiger partial charge on any atom is 0.341 e. The highest BCUT2D eigenvalue weighted by Crippen LogP contribution is 2.40. The van der Waals surface area contributed by atoms with Gasteiger partial charge in [-0.05, 0) is 61.9 Å². The molecule has 0 unspecified atom stereocenters. The lowest BCUT2D eigenvalue weighted by Gasteiger charge is -2.12. The lowest BCUT2D eigenvalue weighted by molar-refractivity contribution is -0.112. The third kappa shape index (κ3) is 4.31. The molecule has 2 heterocycles. The average Bonchev–Trinajstić information content (AvgIpc) is 3.35. The summed E-state index contributed by atoms with van der Waals surface area (Å²) in [5.74, 6) is 0.104. The monoisotopic (exact) mass is 502 g/mol. The Hall–Kier alpha value is -2.83. The van der Waals surface area contributed by atoms with E-state index >= 15 is 0 Å². The molecule has 4 rings (SSSR count). The third-order valence-corrected chi connectivity index (χ3v) is 6.93. The second-order valence-electron chi connectivity index (χ2n) is 6.99. The molecule has 1 aromatic carbocycles. The number of nitrogens with one attached hydrogen (secondary N) is 1. The maximum absolute atomic E-state index is 12.9. The summed E-state index contributed by atoms with van der Waals surface area (Å²) in [6.07, 6.45) is 5.16. The second-order valence-corrected chi connectivity index (χ2v) is 8.95. The fraction of sp³-hybridized carbons (Fsp3) is 0.318. The molecule has 2 aliphatic rings. The number of benzene rings is 1. The van der Waals surface area contributed by atoms with E-state index in [9.17, 15) is 14.9 Å². The molecule has 0 atom stereocenters. The molecule has 0 spiro atoms. The minimum Gasteiger partial charge on any atom is -0.462 e. The molecule has 160 valence electrons. The van der Waals surface area contributed by atoms with Crippen molar-refractivity contribution in [3.63, 3.8) is 0 Å². The molecule has 0 fully saturated rings. The number of esters is 1. The lowest BCUT2D eigenvalue weighted by Crippen LogP contribution is -2.16. The van der Waals surface area contributed by atoms with Crippen LogP contribution in [-0.4, -0.2) is 25.3 Å². The normalized spacial score (nSPS) is 14.5. The maximum atomic E-state index is 12.9. The lowest BCUT2D eigenvalue weighted by atomic mass is 9.95. The first-order valence-electron chi connectivity index (χ1n) is 9.85. The number of carbonyl (C=O) groups excluding carboxylic acids is 2. The minimum atomic E-state index is -0.587.